The SMILES string of the molecule is CC#N.CC(CCc1ccc(C2CCC2C(F)(F)F)cc1)N(C)Cc1ccccc1. The van der Waals surface area contributed by atoms with Crippen LogP contribution in [0.5, 0.6) is 0 Å². The lowest BCUT2D eigenvalue weighted by Crippen LogP contribution is -2.36. The van der Waals surface area contributed by atoms with Crippen LogP contribution in [-0.2, 0) is 13.0 Å². The normalized spacial score (nSPS) is 19.3. The second-order valence-corrected chi connectivity index (χ2v) is 8.09. The van der Waals surface area contributed by atoms with Crippen molar-refractivity contribution in [3.63, 3.8) is 0 Å². The minimum absolute atomic E-state index is 0.265. The summed E-state index contributed by atoms with van der Waals surface area (Å²) in [4.78, 5) is 2.34. The highest BCUT2D eigenvalue weighted by Crippen LogP contribution is 2.50. The number of rotatable bonds is 7. The molecule has 2 nitrogen and oxygen atoms in total. The predicted molar refractivity (Wildman–Crippen MR) is 115 cm³/mol. The van der Waals surface area contributed by atoms with Gasteiger partial charge in [-0.2, -0.15) is 18.4 Å². The van der Waals surface area contributed by atoms with Crippen molar-refractivity contribution in [2.24, 2.45) is 5.92 Å². The number of nitrogens with zero attached hydrogens (tertiary/aromatic N) is 2. The summed E-state index contributed by atoms with van der Waals surface area (Å²) in [6, 6.07) is 20.4. The average Bonchev–Trinajstić information content (AvgIpc) is 2.66. The number of hydrogen-bond acceptors (Lipinski definition) is 2. The summed E-state index contributed by atoms with van der Waals surface area (Å²) in [5.41, 5.74) is 3.33. The Hall–Kier alpha value is -2.32. The number of halogens is 3. The third kappa shape index (κ3) is 6.88. The summed E-state index contributed by atoms with van der Waals surface area (Å²) >= 11 is 0. The molecule has 1 aliphatic carbocycles. The molecule has 30 heavy (non-hydrogen) atoms. The first-order valence-electron chi connectivity index (χ1n) is 10.5. The number of alkyl halides is 3. The van der Waals surface area contributed by atoms with Gasteiger partial charge < -0.3 is 0 Å². The minimum atomic E-state index is -4.07. The molecule has 2 aromatic rings. The molecule has 0 spiro atoms. The monoisotopic (exact) mass is 416 g/mol. The highest BCUT2D eigenvalue weighted by atomic mass is 19.4. The van der Waals surface area contributed by atoms with Gasteiger partial charge in [0.2, 0.25) is 0 Å². The van der Waals surface area contributed by atoms with Crippen molar-refractivity contribution < 1.29 is 13.2 Å². The average molecular weight is 417 g/mol. The Balaban J connectivity index is 0.00000101. The molecule has 3 unspecified atom stereocenters. The molecule has 0 saturated heterocycles. The molecule has 0 heterocycles. The van der Waals surface area contributed by atoms with Gasteiger partial charge in [-0.05, 0) is 62.3 Å². The van der Waals surface area contributed by atoms with Crippen LogP contribution in [0, 0.1) is 17.2 Å². The van der Waals surface area contributed by atoms with Crippen molar-refractivity contribution in [2.75, 3.05) is 7.05 Å². The van der Waals surface area contributed by atoms with E-state index in [-0.39, 0.29) is 12.3 Å². The summed E-state index contributed by atoms with van der Waals surface area (Å²) in [5.74, 6) is -1.51. The van der Waals surface area contributed by atoms with E-state index in [0.29, 0.717) is 12.5 Å². The molecule has 2 aromatic carbocycles. The largest absolute Gasteiger partial charge is 0.392 e. The van der Waals surface area contributed by atoms with Gasteiger partial charge in [-0.1, -0.05) is 54.6 Å². The van der Waals surface area contributed by atoms with Gasteiger partial charge in [0.1, 0.15) is 0 Å². The zero-order valence-electron chi connectivity index (χ0n) is 18.0. The Bertz CT molecular complexity index is 794. The summed E-state index contributed by atoms with van der Waals surface area (Å²) < 4.78 is 38.9. The Morgan fingerprint density at radius 3 is 2.13 bits per heavy atom. The van der Waals surface area contributed by atoms with Crippen LogP contribution in [-0.4, -0.2) is 24.2 Å². The minimum Gasteiger partial charge on any atom is -0.299 e. The van der Waals surface area contributed by atoms with Gasteiger partial charge in [-0.25, -0.2) is 0 Å². The third-order valence-corrected chi connectivity index (χ3v) is 5.98. The van der Waals surface area contributed by atoms with Crippen LogP contribution >= 0.6 is 0 Å². The number of aryl methyl sites for hydroxylation is 1. The molecule has 5 heteroatoms. The molecular weight excluding hydrogens is 385 g/mol. The maximum absolute atomic E-state index is 13.0. The zero-order valence-corrected chi connectivity index (χ0v) is 18.0. The van der Waals surface area contributed by atoms with E-state index in [0.717, 1.165) is 24.9 Å². The van der Waals surface area contributed by atoms with Crippen molar-refractivity contribution in [3.8, 4) is 6.07 Å². The maximum atomic E-state index is 13.0. The molecule has 0 amide bonds. The summed E-state index contributed by atoms with van der Waals surface area (Å²) in [6.45, 7) is 4.57. The fraction of sp³-hybridized carbons (Fsp3) is 0.480. The van der Waals surface area contributed by atoms with Crippen molar-refractivity contribution in [3.05, 3.63) is 71.3 Å². The third-order valence-electron chi connectivity index (χ3n) is 5.98. The quantitative estimate of drug-likeness (QED) is 0.501. The van der Waals surface area contributed by atoms with Crippen LogP contribution in [0.2, 0.25) is 0 Å². The molecule has 0 aliphatic heterocycles. The number of nitriles is 1. The lowest BCUT2D eigenvalue weighted by molar-refractivity contribution is -0.200. The number of hydrogen-bond donors (Lipinski definition) is 0. The summed E-state index contributed by atoms with van der Waals surface area (Å²) in [6.07, 6.45) is -1.20. The molecule has 0 N–H and O–H groups in total. The highest BCUT2D eigenvalue weighted by molar-refractivity contribution is 5.28. The van der Waals surface area contributed by atoms with Gasteiger partial charge in [-0.3, -0.25) is 4.90 Å². The van der Waals surface area contributed by atoms with Crippen LogP contribution in [0.3, 0.4) is 0 Å². The molecule has 1 aliphatic rings. The molecule has 1 saturated carbocycles. The molecule has 3 rings (SSSR count). The summed E-state index contributed by atoms with van der Waals surface area (Å²) in [5, 5.41) is 7.32. The first-order chi connectivity index (χ1) is 14.3. The van der Waals surface area contributed by atoms with E-state index >= 15 is 0 Å². The topological polar surface area (TPSA) is 27.0 Å². The van der Waals surface area contributed by atoms with E-state index in [2.05, 4.69) is 43.1 Å². The molecule has 1 fully saturated rings. The van der Waals surface area contributed by atoms with E-state index < -0.39 is 12.1 Å². The fourth-order valence-electron chi connectivity index (χ4n) is 3.85. The van der Waals surface area contributed by atoms with E-state index in [1.54, 1.807) is 6.07 Å². The van der Waals surface area contributed by atoms with Gasteiger partial charge in [0.05, 0.1) is 12.0 Å². The highest BCUT2D eigenvalue weighted by Gasteiger charge is 2.50. The Morgan fingerprint density at radius 1 is 1.03 bits per heavy atom. The Morgan fingerprint density at radius 2 is 1.63 bits per heavy atom. The second kappa shape index (κ2) is 11.2. The fourth-order valence-corrected chi connectivity index (χ4v) is 3.85. The van der Waals surface area contributed by atoms with Gasteiger partial charge >= 0.3 is 6.18 Å². The van der Waals surface area contributed by atoms with Crippen molar-refractivity contribution in [1.29, 1.82) is 5.26 Å². The van der Waals surface area contributed by atoms with Gasteiger partial charge in [0.25, 0.3) is 0 Å². The zero-order chi connectivity index (χ0) is 22.1. The van der Waals surface area contributed by atoms with Gasteiger partial charge in [0, 0.05) is 19.5 Å². The van der Waals surface area contributed by atoms with Crippen molar-refractivity contribution in [2.45, 2.75) is 64.2 Å². The second-order valence-electron chi connectivity index (χ2n) is 8.09. The van der Waals surface area contributed by atoms with Crippen LogP contribution in [0.1, 0.15) is 55.7 Å². The first-order valence-corrected chi connectivity index (χ1v) is 10.5. The van der Waals surface area contributed by atoms with Gasteiger partial charge in [-0.15, -0.1) is 0 Å². The molecule has 3 atom stereocenters. The molecule has 162 valence electrons. The van der Waals surface area contributed by atoms with E-state index in [9.17, 15) is 13.2 Å². The molecule has 0 bridgehead atoms. The molecule has 0 aromatic heterocycles. The van der Waals surface area contributed by atoms with Crippen molar-refractivity contribution in [1.82, 2.24) is 4.90 Å². The van der Waals surface area contributed by atoms with Crippen LogP contribution in [0.25, 0.3) is 0 Å². The first kappa shape index (κ1) is 24.0. The lowest BCUT2D eigenvalue weighted by atomic mass is 9.69. The van der Waals surface area contributed by atoms with E-state index in [4.69, 9.17) is 5.26 Å². The smallest absolute Gasteiger partial charge is 0.299 e. The van der Waals surface area contributed by atoms with Crippen LogP contribution in [0.15, 0.2) is 54.6 Å². The van der Waals surface area contributed by atoms with E-state index in [1.165, 1.54) is 18.1 Å². The van der Waals surface area contributed by atoms with Gasteiger partial charge in [0.15, 0.2) is 0 Å². The maximum Gasteiger partial charge on any atom is 0.392 e. The molecule has 0 radical (unpaired) electrons. The van der Waals surface area contributed by atoms with Crippen LogP contribution < -0.4 is 0 Å². The molecular formula is C25H31F3N2. The Kier molecular flexibility index (Phi) is 8.92. The predicted octanol–water partition coefficient (Wildman–Crippen LogP) is 6.73. The Labute approximate surface area is 178 Å². The number of benzene rings is 2. The lowest BCUT2D eigenvalue weighted by Gasteiger charge is -2.38. The summed E-state index contributed by atoms with van der Waals surface area (Å²) in [7, 11) is 2.13. The van der Waals surface area contributed by atoms with Crippen LogP contribution in [0.4, 0.5) is 13.2 Å². The van der Waals surface area contributed by atoms with Crippen molar-refractivity contribution >= 4 is 0 Å². The standard InChI is InChI=1S/C23H28F3N.C2H3N/c1-17(27(2)16-19-6-4-3-5-7-19)8-9-18-10-12-20(13-11-18)21-14-15-22(21)23(24,25)26;1-2-3/h3-7,10-13,17,21-22H,8-9,14-16H2,1-2H3;1H3. The van der Waals surface area contributed by atoms with E-state index in [1.807, 2.05) is 30.3 Å².